The highest BCUT2D eigenvalue weighted by atomic mass is 13.6. The van der Waals surface area contributed by atoms with E-state index in [1.165, 1.54) is 5.57 Å². The van der Waals surface area contributed by atoms with Gasteiger partial charge in [-0.3, -0.25) is 0 Å². The first-order valence-corrected chi connectivity index (χ1v) is 3.85. The molecule has 0 spiro atoms. The Morgan fingerprint density at radius 1 is 0.750 bits per heavy atom. The summed E-state index contributed by atoms with van der Waals surface area (Å²) >= 11 is 0. The molecule has 0 nitrogen and oxygen atoms in total. The second kappa shape index (κ2) is 12.4. The van der Waals surface area contributed by atoms with E-state index in [1.807, 2.05) is 50.2 Å². The molecule has 0 heterocycles. The van der Waals surface area contributed by atoms with Crippen LogP contribution in [-0.2, 0) is 0 Å². The quantitative estimate of drug-likeness (QED) is 0.504. The molecular weight excluding hydrogens is 144 g/mol. The van der Waals surface area contributed by atoms with Crippen LogP contribution in [-0.4, -0.2) is 0 Å². The van der Waals surface area contributed by atoms with E-state index in [1.54, 1.807) is 0 Å². The minimum absolute atomic E-state index is 1.17. The summed E-state index contributed by atoms with van der Waals surface area (Å²) in [6.07, 6.45) is 0. The van der Waals surface area contributed by atoms with Gasteiger partial charge in [0.05, 0.1) is 0 Å². The van der Waals surface area contributed by atoms with Crippen LogP contribution in [0.2, 0.25) is 0 Å². The fourth-order valence-electron chi connectivity index (χ4n) is 0.385. The molecule has 0 fully saturated rings. The normalized spacial score (nSPS) is 6.50. The van der Waals surface area contributed by atoms with E-state index in [0.29, 0.717) is 0 Å². The summed E-state index contributed by atoms with van der Waals surface area (Å²) in [7, 11) is 0. The molecule has 0 aromatic heterocycles. The highest BCUT2D eigenvalue weighted by molar-refractivity contribution is 4.99. The Balaban J connectivity index is 0. The van der Waals surface area contributed by atoms with Crippen molar-refractivity contribution < 1.29 is 0 Å². The number of rotatable bonds is 0. The second-order valence-electron chi connectivity index (χ2n) is 2.36. The first kappa shape index (κ1) is 13.3. The summed E-state index contributed by atoms with van der Waals surface area (Å²) in [5.74, 6) is 0. The summed E-state index contributed by atoms with van der Waals surface area (Å²) in [5, 5.41) is 0. The van der Waals surface area contributed by atoms with Crippen molar-refractivity contribution in [3.63, 3.8) is 0 Å². The third-order valence-corrected chi connectivity index (χ3v) is 0.667. The van der Waals surface area contributed by atoms with Crippen LogP contribution in [0.1, 0.15) is 13.8 Å². The lowest BCUT2D eigenvalue weighted by molar-refractivity contribution is 1.42. The summed E-state index contributed by atoms with van der Waals surface area (Å²) in [5.41, 5.74) is 1.17. The highest BCUT2D eigenvalue weighted by Crippen LogP contribution is 1.79. The molecule has 0 unspecified atom stereocenters. The topological polar surface area (TPSA) is 0 Å². The lowest BCUT2D eigenvalue weighted by atomic mass is 10.4. The molecule has 0 atom stereocenters. The number of hydrogen-bond donors (Lipinski definition) is 0. The molecule has 66 valence electrons. The molecule has 0 heteroatoms. The Morgan fingerprint density at radius 3 is 0.917 bits per heavy atom. The Morgan fingerprint density at radius 2 is 0.833 bits per heavy atom. The van der Waals surface area contributed by atoms with E-state index in [9.17, 15) is 0 Å². The molecule has 0 aliphatic carbocycles. The van der Waals surface area contributed by atoms with Crippen molar-refractivity contribution in [2.45, 2.75) is 13.8 Å². The standard InChI is InChI=1S/C6H6.C4H8.C2H4/c1-2-4-6-5-3-1;1-4(2)3;1-2/h1-6H;1H2,2-3H3;1-2H2. The molecule has 0 aliphatic heterocycles. The molecule has 0 aliphatic rings. The van der Waals surface area contributed by atoms with E-state index in [2.05, 4.69) is 19.7 Å². The van der Waals surface area contributed by atoms with Crippen LogP contribution >= 0.6 is 0 Å². The van der Waals surface area contributed by atoms with Crippen LogP contribution in [0.15, 0.2) is 61.7 Å². The number of allylic oxidation sites excluding steroid dienone is 1. The molecule has 12 heavy (non-hydrogen) atoms. The molecule has 1 aromatic carbocycles. The fraction of sp³-hybridized carbons (Fsp3) is 0.167. The molecule has 0 amide bonds. The third kappa shape index (κ3) is 23.4. The zero-order valence-corrected chi connectivity index (χ0v) is 8.09. The van der Waals surface area contributed by atoms with Crippen molar-refractivity contribution in [1.82, 2.24) is 0 Å². The van der Waals surface area contributed by atoms with Crippen molar-refractivity contribution in [2.75, 3.05) is 0 Å². The lowest BCUT2D eigenvalue weighted by Gasteiger charge is -1.69. The van der Waals surface area contributed by atoms with Crippen LogP contribution in [0.4, 0.5) is 0 Å². The maximum Gasteiger partial charge on any atom is -0.0445 e. The number of hydrogen-bond acceptors (Lipinski definition) is 0. The van der Waals surface area contributed by atoms with Gasteiger partial charge < -0.3 is 0 Å². The maximum absolute atomic E-state index is 3.56. The second-order valence-corrected chi connectivity index (χ2v) is 2.36. The van der Waals surface area contributed by atoms with E-state index in [-0.39, 0.29) is 0 Å². The van der Waals surface area contributed by atoms with Crippen molar-refractivity contribution in [1.29, 1.82) is 0 Å². The van der Waals surface area contributed by atoms with Gasteiger partial charge in [0.2, 0.25) is 0 Å². The fourth-order valence-corrected chi connectivity index (χ4v) is 0.385. The molecule has 0 N–H and O–H groups in total. The molecule has 1 aromatic rings. The zero-order chi connectivity index (χ0) is 9.82. The lowest BCUT2D eigenvalue weighted by Crippen LogP contribution is -1.47. The van der Waals surface area contributed by atoms with Gasteiger partial charge in [0, 0.05) is 0 Å². The van der Waals surface area contributed by atoms with Gasteiger partial charge in [-0.2, -0.15) is 0 Å². The smallest absolute Gasteiger partial charge is 0.0445 e. The van der Waals surface area contributed by atoms with Crippen LogP contribution in [0.5, 0.6) is 0 Å². The van der Waals surface area contributed by atoms with Gasteiger partial charge in [0.25, 0.3) is 0 Å². The van der Waals surface area contributed by atoms with Gasteiger partial charge >= 0.3 is 0 Å². The minimum Gasteiger partial charge on any atom is -0.106 e. The molecule has 0 bridgehead atoms. The van der Waals surface area contributed by atoms with Gasteiger partial charge in [-0.25, -0.2) is 0 Å². The Kier molecular flexibility index (Phi) is 13.7. The SMILES string of the molecule is C=C.C=C(C)C.c1ccccc1. The van der Waals surface area contributed by atoms with Crippen LogP contribution in [0.25, 0.3) is 0 Å². The average Bonchev–Trinajstić information content (AvgIpc) is 2.10. The third-order valence-electron chi connectivity index (χ3n) is 0.667. The highest BCUT2D eigenvalue weighted by Gasteiger charge is 1.57. The molecule has 0 radical (unpaired) electrons. The van der Waals surface area contributed by atoms with Crippen LogP contribution in [0.3, 0.4) is 0 Å². The minimum atomic E-state index is 1.17. The molecule has 0 saturated carbocycles. The summed E-state index contributed by atoms with van der Waals surface area (Å²) in [6.45, 7) is 13.5. The Hall–Kier alpha value is -1.30. The molecule has 1 rings (SSSR count). The van der Waals surface area contributed by atoms with E-state index in [0.717, 1.165) is 0 Å². The van der Waals surface area contributed by atoms with Crippen LogP contribution < -0.4 is 0 Å². The maximum atomic E-state index is 3.56. The van der Waals surface area contributed by atoms with Gasteiger partial charge in [0.15, 0.2) is 0 Å². The van der Waals surface area contributed by atoms with Crippen LogP contribution in [0, 0.1) is 0 Å². The zero-order valence-electron chi connectivity index (χ0n) is 8.09. The Labute approximate surface area is 76.3 Å². The predicted octanol–water partition coefficient (Wildman–Crippen LogP) is 4.07. The monoisotopic (exact) mass is 162 g/mol. The van der Waals surface area contributed by atoms with Crippen molar-refractivity contribution in [2.24, 2.45) is 0 Å². The van der Waals surface area contributed by atoms with E-state index >= 15 is 0 Å². The summed E-state index contributed by atoms with van der Waals surface area (Å²) in [4.78, 5) is 0. The predicted molar refractivity (Wildman–Crippen MR) is 58.2 cm³/mol. The number of benzene rings is 1. The molecular formula is C12H18. The average molecular weight is 162 g/mol. The summed E-state index contributed by atoms with van der Waals surface area (Å²) in [6, 6.07) is 12.0. The van der Waals surface area contributed by atoms with Crippen molar-refractivity contribution in [3.8, 4) is 0 Å². The van der Waals surface area contributed by atoms with Crippen molar-refractivity contribution in [3.05, 3.63) is 61.7 Å². The Bertz CT molecular complexity index is 144. The first-order valence-electron chi connectivity index (χ1n) is 3.85. The largest absolute Gasteiger partial charge is 0.106 e. The van der Waals surface area contributed by atoms with Gasteiger partial charge in [-0.05, 0) is 13.8 Å². The van der Waals surface area contributed by atoms with Gasteiger partial charge in [-0.1, -0.05) is 42.0 Å². The van der Waals surface area contributed by atoms with Gasteiger partial charge in [-0.15, -0.1) is 19.7 Å². The first-order chi connectivity index (χ1) is 5.73. The molecule has 0 saturated heterocycles. The van der Waals surface area contributed by atoms with E-state index in [4.69, 9.17) is 0 Å². The van der Waals surface area contributed by atoms with Gasteiger partial charge in [0.1, 0.15) is 0 Å². The van der Waals surface area contributed by atoms with Crippen molar-refractivity contribution >= 4 is 0 Å². The summed E-state index contributed by atoms with van der Waals surface area (Å²) < 4.78 is 0. The van der Waals surface area contributed by atoms with E-state index < -0.39 is 0 Å².